The first-order valence-corrected chi connectivity index (χ1v) is 8.46. The zero-order chi connectivity index (χ0) is 18.8. The first kappa shape index (κ1) is 17.1. The Kier molecular flexibility index (Phi) is 4.50. The molecule has 1 N–H and O–H groups in total. The van der Waals surface area contributed by atoms with Crippen LogP contribution in [0.25, 0.3) is 11.5 Å². The third kappa shape index (κ3) is 3.76. The van der Waals surface area contributed by atoms with E-state index in [1.165, 1.54) is 12.1 Å². The van der Waals surface area contributed by atoms with Crippen molar-refractivity contribution in [2.45, 2.75) is 19.9 Å². The molecule has 0 unspecified atom stereocenters. The van der Waals surface area contributed by atoms with E-state index >= 15 is 0 Å². The van der Waals surface area contributed by atoms with E-state index in [9.17, 15) is 9.18 Å². The van der Waals surface area contributed by atoms with Crippen LogP contribution in [0.4, 0.5) is 4.39 Å². The minimum atomic E-state index is -0.369. The van der Waals surface area contributed by atoms with Crippen molar-refractivity contribution in [1.29, 1.82) is 0 Å². The van der Waals surface area contributed by atoms with Gasteiger partial charge in [0, 0.05) is 12.1 Å². The number of halogens is 1. The Bertz CT molecular complexity index is 999. The molecule has 0 radical (unpaired) electrons. The smallest absolute Gasteiger partial charge is 0.231 e. The molecule has 0 spiro atoms. The lowest BCUT2D eigenvalue weighted by atomic mass is 10.2. The summed E-state index contributed by atoms with van der Waals surface area (Å²) in [7, 11) is 0. The van der Waals surface area contributed by atoms with E-state index in [1.54, 1.807) is 19.1 Å². The van der Waals surface area contributed by atoms with Gasteiger partial charge in [0.25, 0.3) is 0 Å². The SMILES string of the molecule is Cc1oc(-c2cccc(F)c2)nc1CC(=O)NCc1ccc2c(c1)OCO2. The summed E-state index contributed by atoms with van der Waals surface area (Å²) in [6.07, 6.45) is 0.0786. The van der Waals surface area contributed by atoms with Crippen LogP contribution in [-0.2, 0) is 17.8 Å². The largest absolute Gasteiger partial charge is 0.454 e. The second kappa shape index (κ2) is 7.11. The summed E-state index contributed by atoms with van der Waals surface area (Å²) in [4.78, 5) is 16.6. The van der Waals surface area contributed by atoms with Gasteiger partial charge in [-0.1, -0.05) is 12.1 Å². The van der Waals surface area contributed by atoms with Crippen LogP contribution in [0.2, 0.25) is 0 Å². The normalized spacial score (nSPS) is 12.2. The monoisotopic (exact) mass is 368 g/mol. The Labute approximate surface area is 154 Å². The average molecular weight is 368 g/mol. The number of aromatic nitrogens is 1. The molecule has 0 aliphatic carbocycles. The molecule has 3 aromatic rings. The Hall–Kier alpha value is -3.35. The van der Waals surface area contributed by atoms with E-state index in [0.29, 0.717) is 41.0 Å². The molecule has 0 atom stereocenters. The number of ether oxygens (including phenoxy) is 2. The third-order valence-corrected chi connectivity index (χ3v) is 4.22. The van der Waals surface area contributed by atoms with Crippen molar-refractivity contribution in [2.24, 2.45) is 0 Å². The van der Waals surface area contributed by atoms with Gasteiger partial charge in [-0.2, -0.15) is 0 Å². The number of nitrogens with one attached hydrogen (secondary N) is 1. The van der Waals surface area contributed by atoms with Crippen LogP contribution >= 0.6 is 0 Å². The molecule has 138 valence electrons. The van der Waals surface area contributed by atoms with Gasteiger partial charge in [-0.05, 0) is 42.8 Å². The summed E-state index contributed by atoms with van der Waals surface area (Å²) in [5, 5.41) is 2.85. The highest BCUT2D eigenvalue weighted by Gasteiger charge is 2.16. The summed E-state index contributed by atoms with van der Waals surface area (Å²) in [6.45, 7) is 2.31. The topological polar surface area (TPSA) is 73.6 Å². The summed E-state index contributed by atoms with van der Waals surface area (Å²) in [5.74, 6) is 1.65. The minimum absolute atomic E-state index is 0.0786. The second-order valence-corrected chi connectivity index (χ2v) is 6.17. The summed E-state index contributed by atoms with van der Waals surface area (Å²) in [5.41, 5.74) is 1.97. The van der Waals surface area contributed by atoms with E-state index in [1.807, 2.05) is 18.2 Å². The van der Waals surface area contributed by atoms with E-state index < -0.39 is 0 Å². The van der Waals surface area contributed by atoms with Gasteiger partial charge in [0.05, 0.1) is 12.1 Å². The van der Waals surface area contributed by atoms with Crippen LogP contribution < -0.4 is 14.8 Å². The third-order valence-electron chi connectivity index (χ3n) is 4.22. The van der Waals surface area contributed by atoms with Gasteiger partial charge in [-0.15, -0.1) is 0 Å². The van der Waals surface area contributed by atoms with Crippen molar-refractivity contribution >= 4 is 5.91 Å². The van der Waals surface area contributed by atoms with Gasteiger partial charge in [0.15, 0.2) is 11.5 Å². The Morgan fingerprint density at radius 2 is 2.04 bits per heavy atom. The van der Waals surface area contributed by atoms with E-state index in [2.05, 4.69) is 10.3 Å². The fourth-order valence-corrected chi connectivity index (χ4v) is 2.80. The molecule has 0 saturated heterocycles. The van der Waals surface area contributed by atoms with Gasteiger partial charge in [0.1, 0.15) is 11.6 Å². The maximum atomic E-state index is 13.4. The summed E-state index contributed by atoms with van der Waals surface area (Å²) >= 11 is 0. The summed E-state index contributed by atoms with van der Waals surface area (Å²) in [6, 6.07) is 11.5. The van der Waals surface area contributed by atoms with E-state index in [-0.39, 0.29) is 24.9 Å². The molecule has 0 saturated carbocycles. The van der Waals surface area contributed by atoms with E-state index in [4.69, 9.17) is 13.9 Å². The molecule has 2 aromatic carbocycles. The number of oxazole rings is 1. The Morgan fingerprint density at radius 3 is 2.89 bits per heavy atom. The first-order valence-electron chi connectivity index (χ1n) is 8.46. The fourth-order valence-electron chi connectivity index (χ4n) is 2.80. The zero-order valence-electron chi connectivity index (χ0n) is 14.6. The molecule has 0 fully saturated rings. The molecule has 4 rings (SSSR count). The van der Waals surface area contributed by atoms with E-state index in [0.717, 1.165) is 5.56 Å². The van der Waals surface area contributed by atoms with Crippen molar-refractivity contribution in [1.82, 2.24) is 10.3 Å². The summed E-state index contributed by atoms with van der Waals surface area (Å²) < 4.78 is 29.5. The van der Waals surface area contributed by atoms with Crippen LogP contribution in [0.15, 0.2) is 46.9 Å². The van der Waals surface area contributed by atoms with Crippen LogP contribution in [0, 0.1) is 12.7 Å². The molecular weight excluding hydrogens is 351 g/mol. The highest BCUT2D eigenvalue weighted by atomic mass is 19.1. The lowest BCUT2D eigenvalue weighted by Crippen LogP contribution is -2.24. The van der Waals surface area contributed by atoms with Crippen molar-refractivity contribution in [3.8, 4) is 23.0 Å². The molecule has 1 aromatic heterocycles. The minimum Gasteiger partial charge on any atom is -0.454 e. The maximum Gasteiger partial charge on any atom is 0.231 e. The molecular formula is C20H17FN2O4. The Morgan fingerprint density at radius 1 is 1.19 bits per heavy atom. The molecule has 1 amide bonds. The molecule has 2 heterocycles. The zero-order valence-corrected chi connectivity index (χ0v) is 14.6. The molecule has 7 heteroatoms. The molecule has 1 aliphatic heterocycles. The van der Waals surface area contributed by atoms with Crippen LogP contribution in [0.3, 0.4) is 0 Å². The maximum absolute atomic E-state index is 13.4. The predicted octanol–water partition coefficient (Wildman–Crippen LogP) is 3.38. The number of nitrogens with zero attached hydrogens (tertiary/aromatic N) is 1. The van der Waals surface area contributed by atoms with Crippen LogP contribution in [-0.4, -0.2) is 17.7 Å². The molecule has 6 nitrogen and oxygen atoms in total. The number of benzene rings is 2. The number of fused-ring (bicyclic) bond motifs is 1. The van der Waals surface area contributed by atoms with Gasteiger partial charge >= 0.3 is 0 Å². The van der Waals surface area contributed by atoms with Gasteiger partial charge in [0.2, 0.25) is 18.6 Å². The van der Waals surface area contributed by atoms with Crippen molar-refractivity contribution < 1.29 is 23.1 Å². The number of carbonyl (C=O) groups is 1. The van der Waals surface area contributed by atoms with Crippen molar-refractivity contribution in [3.63, 3.8) is 0 Å². The highest BCUT2D eigenvalue weighted by molar-refractivity contribution is 5.78. The average Bonchev–Trinajstić information content (AvgIpc) is 3.26. The first-order chi connectivity index (χ1) is 13.1. The number of hydrogen-bond acceptors (Lipinski definition) is 5. The molecule has 1 aliphatic rings. The fraction of sp³-hybridized carbons (Fsp3) is 0.200. The van der Waals surface area contributed by atoms with Crippen LogP contribution in [0.1, 0.15) is 17.0 Å². The lowest BCUT2D eigenvalue weighted by Gasteiger charge is -2.05. The van der Waals surface area contributed by atoms with Crippen LogP contribution in [0.5, 0.6) is 11.5 Å². The number of carbonyl (C=O) groups excluding carboxylic acids is 1. The van der Waals surface area contributed by atoms with Gasteiger partial charge < -0.3 is 19.2 Å². The number of aryl methyl sites for hydroxylation is 1. The second-order valence-electron chi connectivity index (χ2n) is 6.17. The molecule has 0 bridgehead atoms. The Balaban J connectivity index is 1.39. The van der Waals surface area contributed by atoms with Gasteiger partial charge in [-0.3, -0.25) is 4.79 Å². The highest BCUT2D eigenvalue weighted by Crippen LogP contribution is 2.32. The van der Waals surface area contributed by atoms with Crippen molar-refractivity contribution in [3.05, 3.63) is 65.3 Å². The number of rotatable bonds is 5. The quantitative estimate of drug-likeness (QED) is 0.747. The molecule has 27 heavy (non-hydrogen) atoms. The predicted molar refractivity (Wildman–Crippen MR) is 94.7 cm³/mol. The standard InChI is InChI=1S/C20H17FN2O4/c1-12-16(23-20(27-12)14-3-2-4-15(21)8-14)9-19(24)22-10-13-5-6-17-18(7-13)26-11-25-17/h2-8H,9-11H2,1H3,(H,22,24). The van der Waals surface area contributed by atoms with Gasteiger partial charge in [-0.25, -0.2) is 9.37 Å². The lowest BCUT2D eigenvalue weighted by molar-refractivity contribution is -0.120. The number of hydrogen-bond donors (Lipinski definition) is 1. The number of amides is 1. The van der Waals surface area contributed by atoms with Crippen molar-refractivity contribution in [2.75, 3.05) is 6.79 Å².